The Labute approximate surface area is 161 Å². The molecule has 0 saturated carbocycles. The van der Waals surface area contributed by atoms with Gasteiger partial charge in [0, 0.05) is 18.1 Å². The Bertz CT molecular complexity index is 1120. The molecule has 0 bridgehead atoms. The number of nitrogens with one attached hydrogen (secondary N) is 2. The summed E-state index contributed by atoms with van der Waals surface area (Å²) in [5.74, 6) is -0.617. The molecule has 3 aromatic heterocycles. The average molecular weight is 371 g/mol. The first kappa shape index (κ1) is 17.4. The molecule has 28 heavy (non-hydrogen) atoms. The lowest BCUT2D eigenvalue weighted by atomic mass is 10.3. The normalized spacial score (nSPS) is 10.6. The van der Waals surface area contributed by atoms with E-state index in [4.69, 9.17) is 0 Å². The number of nitrogens with zero attached hydrogens (tertiary/aromatic N) is 3. The monoisotopic (exact) mass is 371 g/mol. The van der Waals surface area contributed by atoms with Crippen LogP contribution in [0.15, 0.2) is 79.1 Å². The maximum Gasteiger partial charge on any atom is 0.288 e. The van der Waals surface area contributed by atoms with Crippen molar-refractivity contribution >= 4 is 23.0 Å². The van der Waals surface area contributed by atoms with Crippen molar-refractivity contribution in [2.75, 3.05) is 5.32 Å². The average Bonchev–Trinajstić information content (AvgIpc) is 3.13. The van der Waals surface area contributed by atoms with Gasteiger partial charge in [-0.05, 0) is 36.4 Å². The minimum atomic E-state index is -0.384. The minimum Gasteiger partial charge on any atom is -0.344 e. The minimum absolute atomic E-state index is 0.143. The summed E-state index contributed by atoms with van der Waals surface area (Å²) in [5, 5.41) is 5.60. The van der Waals surface area contributed by atoms with Gasteiger partial charge in [-0.25, -0.2) is 4.98 Å². The number of pyridine rings is 2. The largest absolute Gasteiger partial charge is 0.344 e. The number of benzene rings is 1. The van der Waals surface area contributed by atoms with E-state index in [-0.39, 0.29) is 29.9 Å². The second kappa shape index (κ2) is 7.71. The van der Waals surface area contributed by atoms with Crippen molar-refractivity contribution in [3.8, 4) is 0 Å². The first-order chi connectivity index (χ1) is 13.7. The first-order valence-corrected chi connectivity index (χ1v) is 8.74. The van der Waals surface area contributed by atoms with E-state index in [2.05, 4.69) is 20.6 Å². The Kier molecular flexibility index (Phi) is 4.79. The first-order valence-electron chi connectivity index (χ1n) is 8.74. The molecule has 2 N–H and O–H groups in total. The Morgan fingerprint density at radius 2 is 1.68 bits per heavy atom. The number of para-hydroxylation sites is 1. The van der Waals surface area contributed by atoms with Crippen LogP contribution >= 0.6 is 0 Å². The van der Waals surface area contributed by atoms with E-state index < -0.39 is 0 Å². The van der Waals surface area contributed by atoms with Crippen LogP contribution in [0, 0.1) is 0 Å². The van der Waals surface area contributed by atoms with E-state index in [0.717, 1.165) is 5.69 Å². The van der Waals surface area contributed by atoms with E-state index in [0.29, 0.717) is 11.2 Å². The molecule has 138 valence electrons. The topological polar surface area (TPSA) is 88.4 Å². The summed E-state index contributed by atoms with van der Waals surface area (Å²) in [5.41, 5.74) is 2.14. The van der Waals surface area contributed by atoms with Gasteiger partial charge in [-0.1, -0.05) is 30.3 Å². The van der Waals surface area contributed by atoms with Crippen LogP contribution in [0.3, 0.4) is 0 Å². The molecule has 1 aromatic carbocycles. The van der Waals surface area contributed by atoms with E-state index >= 15 is 0 Å². The fraction of sp³-hybridized carbons (Fsp3) is 0.0476. The fourth-order valence-corrected chi connectivity index (χ4v) is 2.83. The summed E-state index contributed by atoms with van der Waals surface area (Å²) in [6.45, 7) is 0.271. The van der Waals surface area contributed by atoms with Crippen molar-refractivity contribution in [3.05, 3.63) is 96.3 Å². The third-order valence-electron chi connectivity index (χ3n) is 4.15. The van der Waals surface area contributed by atoms with Crippen LogP contribution in [-0.4, -0.2) is 26.2 Å². The fourth-order valence-electron chi connectivity index (χ4n) is 2.83. The molecular weight excluding hydrogens is 354 g/mol. The highest BCUT2D eigenvalue weighted by Crippen LogP contribution is 2.16. The van der Waals surface area contributed by atoms with Crippen LogP contribution in [0.1, 0.15) is 26.8 Å². The number of aromatic nitrogens is 3. The van der Waals surface area contributed by atoms with Gasteiger partial charge in [0.15, 0.2) is 5.69 Å². The number of fused-ring (bicyclic) bond motifs is 1. The number of imidazole rings is 1. The van der Waals surface area contributed by atoms with Gasteiger partial charge in [-0.15, -0.1) is 0 Å². The third kappa shape index (κ3) is 3.59. The summed E-state index contributed by atoms with van der Waals surface area (Å²) < 4.78 is 1.60. The maximum absolute atomic E-state index is 12.7. The van der Waals surface area contributed by atoms with E-state index in [1.807, 2.05) is 36.4 Å². The number of anilines is 1. The zero-order valence-corrected chi connectivity index (χ0v) is 14.9. The molecule has 0 saturated heterocycles. The van der Waals surface area contributed by atoms with E-state index in [1.165, 1.54) is 0 Å². The van der Waals surface area contributed by atoms with Gasteiger partial charge in [-0.3, -0.25) is 19.0 Å². The number of hydrogen-bond donors (Lipinski definition) is 2. The van der Waals surface area contributed by atoms with Gasteiger partial charge in [0.25, 0.3) is 11.8 Å². The highest BCUT2D eigenvalue weighted by molar-refractivity contribution is 6.08. The van der Waals surface area contributed by atoms with Crippen LogP contribution in [0.5, 0.6) is 0 Å². The van der Waals surface area contributed by atoms with Crippen molar-refractivity contribution in [3.63, 3.8) is 0 Å². The maximum atomic E-state index is 12.7. The molecule has 4 aromatic rings. The van der Waals surface area contributed by atoms with Gasteiger partial charge >= 0.3 is 0 Å². The van der Waals surface area contributed by atoms with Gasteiger partial charge in [0.05, 0.1) is 17.8 Å². The molecule has 7 heteroatoms. The highest BCUT2D eigenvalue weighted by Gasteiger charge is 2.21. The molecule has 0 atom stereocenters. The van der Waals surface area contributed by atoms with Crippen molar-refractivity contribution in [1.29, 1.82) is 0 Å². The van der Waals surface area contributed by atoms with Gasteiger partial charge in [0.1, 0.15) is 0 Å². The standard InChI is InChI=1S/C21H17N5O2/c27-20(24-15-8-2-1-3-9-15)18-17-11-5-7-13-26(17)19(25-18)21(28)23-14-16-10-4-6-12-22-16/h1-13H,14H2,(H,23,28)(H,24,27). The molecule has 0 unspecified atom stereocenters. The molecule has 0 aliphatic carbocycles. The molecule has 3 heterocycles. The molecule has 0 aliphatic heterocycles. The molecule has 0 radical (unpaired) electrons. The van der Waals surface area contributed by atoms with Crippen LogP contribution < -0.4 is 10.6 Å². The van der Waals surface area contributed by atoms with Crippen molar-refractivity contribution in [1.82, 2.24) is 19.7 Å². The van der Waals surface area contributed by atoms with Gasteiger partial charge < -0.3 is 10.6 Å². The Morgan fingerprint density at radius 3 is 2.46 bits per heavy atom. The van der Waals surface area contributed by atoms with Gasteiger partial charge in [0.2, 0.25) is 5.82 Å². The number of carbonyl (C=O) groups excluding carboxylic acids is 2. The summed E-state index contributed by atoms with van der Waals surface area (Å²) in [4.78, 5) is 33.9. The lowest BCUT2D eigenvalue weighted by Gasteiger charge is -2.03. The molecule has 0 fully saturated rings. The Morgan fingerprint density at radius 1 is 0.893 bits per heavy atom. The van der Waals surface area contributed by atoms with Crippen LogP contribution in [0.4, 0.5) is 5.69 Å². The van der Waals surface area contributed by atoms with Gasteiger partial charge in [-0.2, -0.15) is 0 Å². The molecule has 7 nitrogen and oxygen atoms in total. The Hall–Kier alpha value is -4.00. The van der Waals surface area contributed by atoms with E-state index in [9.17, 15) is 9.59 Å². The number of hydrogen-bond acceptors (Lipinski definition) is 4. The lowest BCUT2D eigenvalue weighted by molar-refractivity contribution is 0.0939. The predicted octanol–water partition coefficient (Wildman–Crippen LogP) is 2.91. The van der Waals surface area contributed by atoms with Crippen LogP contribution in [0.2, 0.25) is 0 Å². The van der Waals surface area contributed by atoms with Crippen LogP contribution in [0.25, 0.3) is 5.52 Å². The quantitative estimate of drug-likeness (QED) is 0.565. The number of carbonyl (C=O) groups is 2. The molecule has 4 rings (SSSR count). The zero-order chi connectivity index (χ0) is 19.3. The zero-order valence-electron chi connectivity index (χ0n) is 14.9. The van der Waals surface area contributed by atoms with Crippen molar-refractivity contribution in [2.24, 2.45) is 0 Å². The van der Waals surface area contributed by atoms with Crippen LogP contribution in [-0.2, 0) is 6.54 Å². The lowest BCUT2D eigenvalue weighted by Crippen LogP contribution is -2.25. The summed E-state index contributed by atoms with van der Waals surface area (Å²) in [6, 6.07) is 19.9. The summed E-state index contributed by atoms with van der Waals surface area (Å²) in [7, 11) is 0. The highest BCUT2D eigenvalue weighted by atomic mass is 16.2. The van der Waals surface area contributed by atoms with Crippen molar-refractivity contribution in [2.45, 2.75) is 6.54 Å². The summed E-state index contributed by atoms with van der Waals surface area (Å²) >= 11 is 0. The smallest absolute Gasteiger partial charge is 0.288 e. The molecule has 0 spiro atoms. The van der Waals surface area contributed by atoms with E-state index in [1.54, 1.807) is 47.1 Å². The third-order valence-corrected chi connectivity index (χ3v) is 4.15. The molecule has 0 aliphatic rings. The predicted molar refractivity (Wildman–Crippen MR) is 105 cm³/mol. The SMILES string of the molecule is O=C(Nc1ccccc1)c1nc(C(=O)NCc2ccccn2)n2ccccc12. The molecular formula is C21H17N5O2. The second-order valence-corrected chi connectivity index (χ2v) is 6.06. The van der Waals surface area contributed by atoms with Crippen molar-refractivity contribution < 1.29 is 9.59 Å². The Balaban J connectivity index is 1.61. The molecule has 2 amide bonds. The number of rotatable bonds is 5. The second-order valence-electron chi connectivity index (χ2n) is 6.06. The summed E-state index contributed by atoms with van der Waals surface area (Å²) in [6.07, 6.45) is 3.37. The number of amides is 2.